The van der Waals surface area contributed by atoms with Crippen molar-refractivity contribution in [3.05, 3.63) is 29.8 Å². The molecule has 1 aliphatic heterocycles. The highest BCUT2D eigenvalue weighted by atomic mass is 15.1. The summed E-state index contributed by atoms with van der Waals surface area (Å²) in [6.07, 6.45) is 5.25. The number of piperidine rings is 1. The molecule has 1 aromatic rings. The minimum Gasteiger partial charge on any atom is -0.371 e. The highest BCUT2D eigenvalue weighted by molar-refractivity contribution is 5.48. The van der Waals surface area contributed by atoms with Crippen LogP contribution < -0.4 is 10.2 Å². The molecule has 112 valence electrons. The summed E-state index contributed by atoms with van der Waals surface area (Å²) in [5.41, 5.74) is 2.79. The van der Waals surface area contributed by atoms with Gasteiger partial charge in [-0.05, 0) is 56.3 Å². The topological polar surface area (TPSA) is 15.3 Å². The Kier molecular flexibility index (Phi) is 5.90. The first-order chi connectivity index (χ1) is 9.74. The molecule has 2 heteroatoms. The third-order valence-electron chi connectivity index (χ3n) is 4.56. The second kappa shape index (κ2) is 7.68. The third-order valence-corrected chi connectivity index (χ3v) is 4.56. The van der Waals surface area contributed by atoms with Crippen molar-refractivity contribution in [1.82, 2.24) is 5.32 Å². The Bertz CT molecular complexity index is 385. The number of hydrogen-bond acceptors (Lipinski definition) is 2. The van der Waals surface area contributed by atoms with Crippen LogP contribution in [0.15, 0.2) is 24.3 Å². The van der Waals surface area contributed by atoms with Crippen LogP contribution in [0.25, 0.3) is 0 Å². The van der Waals surface area contributed by atoms with E-state index in [1.54, 1.807) is 0 Å². The van der Waals surface area contributed by atoms with Gasteiger partial charge in [0.15, 0.2) is 0 Å². The zero-order valence-corrected chi connectivity index (χ0v) is 13.4. The first kappa shape index (κ1) is 15.4. The summed E-state index contributed by atoms with van der Waals surface area (Å²) < 4.78 is 0. The van der Waals surface area contributed by atoms with Gasteiger partial charge in [0.05, 0.1) is 0 Å². The monoisotopic (exact) mass is 274 g/mol. The molecule has 1 saturated heterocycles. The van der Waals surface area contributed by atoms with Crippen LogP contribution in [0, 0.1) is 5.92 Å². The Balaban J connectivity index is 1.97. The van der Waals surface area contributed by atoms with E-state index in [0.29, 0.717) is 6.04 Å². The van der Waals surface area contributed by atoms with Crippen molar-refractivity contribution in [3.8, 4) is 0 Å². The number of nitrogens with zero attached hydrogens (tertiary/aromatic N) is 1. The molecular formula is C18H30N2. The van der Waals surface area contributed by atoms with E-state index < -0.39 is 0 Å². The molecule has 20 heavy (non-hydrogen) atoms. The summed E-state index contributed by atoms with van der Waals surface area (Å²) >= 11 is 0. The Morgan fingerprint density at radius 1 is 1.25 bits per heavy atom. The van der Waals surface area contributed by atoms with Crippen molar-refractivity contribution in [2.24, 2.45) is 5.92 Å². The van der Waals surface area contributed by atoms with Gasteiger partial charge in [-0.25, -0.2) is 0 Å². The fraction of sp³-hybridized carbons (Fsp3) is 0.667. The molecule has 1 N–H and O–H groups in total. The second-order valence-corrected chi connectivity index (χ2v) is 6.13. The van der Waals surface area contributed by atoms with Crippen molar-refractivity contribution >= 4 is 5.69 Å². The molecule has 0 bridgehead atoms. The fourth-order valence-corrected chi connectivity index (χ4v) is 3.09. The van der Waals surface area contributed by atoms with Crippen molar-refractivity contribution in [1.29, 1.82) is 0 Å². The van der Waals surface area contributed by atoms with Gasteiger partial charge in [0.25, 0.3) is 0 Å². The predicted octanol–water partition coefficient (Wildman–Crippen LogP) is 4.37. The summed E-state index contributed by atoms with van der Waals surface area (Å²) in [4.78, 5) is 2.56. The van der Waals surface area contributed by atoms with E-state index in [1.807, 2.05) is 0 Å². The summed E-state index contributed by atoms with van der Waals surface area (Å²) in [6, 6.07) is 9.64. The smallest absolute Gasteiger partial charge is 0.0366 e. The molecular weight excluding hydrogens is 244 g/mol. The molecule has 1 fully saturated rings. The fourth-order valence-electron chi connectivity index (χ4n) is 3.09. The van der Waals surface area contributed by atoms with Crippen LogP contribution in [0.1, 0.15) is 58.1 Å². The minimum atomic E-state index is 0.453. The summed E-state index contributed by atoms with van der Waals surface area (Å²) in [5, 5.41) is 3.55. The van der Waals surface area contributed by atoms with Crippen LogP contribution in [-0.4, -0.2) is 19.6 Å². The molecule has 2 unspecified atom stereocenters. The molecule has 2 nitrogen and oxygen atoms in total. The molecule has 0 aromatic heterocycles. The number of anilines is 1. The van der Waals surface area contributed by atoms with Crippen LogP contribution in [0.5, 0.6) is 0 Å². The Morgan fingerprint density at radius 3 is 2.65 bits per heavy atom. The van der Waals surface area contributed by atoms with E-state index in [0.717, 1.165) is 12.5 Å². The summed E-state index contributed by atoms with van der Waals surface area (Å²) in [6.45, 7) is 10.3. The van der Waals surface area contributed by atoms with Gasteiger partial charge < -0.3 is 10.2 Å². The first-order valence-corrected chi connectivity index (χ1v) is 8.32. The molecule has 0 amide bonds. The predicted molar refractivity (Wildman–Crippen MR) is 88.4 cm³/mol. The number of nitrogens with one attached hydrogen (secondary N) is 1. The van der Waals surface area contributed by atoms with Gasteiger partial charge in [0, 0.05) is 24.8 Å². The van der Waals surface area contributed by atoms with E-state index in [1.165, 1.54) is 50.0 Å². The Morgan fingerprint density at radius 2 is 2.00 bits per heavy atom. The second-order valence-electron chi connectivity index (χ2n) is 6.13. The molecule has 0 spiro atoms. The van der Waals surface area contributed by atoms with Crippen LogP contribution >= 0.6 is 0 Å². The Labute approximate surface area is 124 Å². The molecule has 2 rings (SSSR count). The average molecular weight is 274 g/mol. The average Bonchev–Trinajstić information content (AvgIpc) is 2.52. The van der Waals surface area contributed by atoms with E-state index in [2.05, 4.69) is 55.3 Å². The normalized spacial score (nSPS) is 20.9. The summed E-state index contributed by atoms with van der Waals surface area (Å²) in [5.74, 6) is 0.883. The lowest BCUT2D eigenvalue weighted by atomic mass is 9.95. The molecule has 1 aliphatic rings. The maximum atomic E-state index is 3.55. The van der Waals surface area contributed by atoms with E-state index >= 15 is 0 Å². The standard InChI is InChI=1S/C18H30N2/c1-4-12-19-15(3)17-8-10-18(11-9-17)20-13-6-7-16(5-2)14-20/h8-11,15-16,19H,4-7,12-14H2,1-3H3. The maximum Gasteiger partial charge on any atom is 0.0366 e. The van der Waals surface area contributed by atoms with Crippen molar-refractivity contribution in [3.63, 3.8) is 0 Å². The lowest BCUT2D eigenvalue weighted by Gasteiger charge is -2.34. The highest BCUT2D eigenvalue weighted by Crippen LogP contribution is 2.26. The van der Waals surface area contributed by atoms with Gasteiger partial charge in [-0.1, -0.05) is 32.4 Å². The van der Waals surface area contributed by atoms with E-state index in [4.69, 9.17) is 0 Å². The van der Waals surface area contributed by atoms with Crippen LogP contribution in [0.3, 0.4) is 0 Å². The van der Waals surface area contributed by atoms with Gasteiger partial charge in [-0.3, -0.25) is 0 Å². The largest absolute Gasteiger partial charge is 0.371 e. The van der Waals surface area contributed by atoms with E-state index in [-0.39, 0.29) is 0 Å². The first-order valence-electron chi connectivity index (χ1n) is 8.32. The molecule has 1 aromatic carbocycles. The van der Waals surface area contributed by atoms with Crippen LogP contribution in [0.2, 0.25) is 0 Å². The van der Waals surface area contributed by atoms with Gasteiger partial charge >= 0.3 is 0 Å². The lowest BCUT2D eigenvalue weighted by Crippen LogP contribution is -2.35. The molecule has 0 saturated carbocycles. The zero-order chi connectivity index (χ0) is 14.4. The summed E-state index contributed by atoms with van der Waals surface area (Å²) in [7, 11) is 0. The maximum absolute atomic E-state index is 3.55. The minimum absolute atomic E-state index is 0.453. The lowest BCUT2D eigenvalue weighted by molar-refractivity contribution is 0.404. The van der Waals surface area contributed by atoms with Gasteiger partial charge in [-0.2, -0.15) is 0 Å². The van der Waals surface area contributed by atoms with Gasteiger partial charge in [0.1, 0.15) is 0 Å². The molecule has 0 radical (unpaired) electrons. The number of rotatable bonds is 6. The third kappa shape index (κ3) is 3.99. The van der Waals surface area contributed by atoms with Gasteiger partial charge in [-0.15, -0.1) is 0 Å². The van der Waals surface area contributed by atoms with Crippen molar-refractivity contribution in [2.75, 3.05) is 24.5 Å². The van der Waals surface area contributed by atoms with E-state index in [9.17, 15) is 0 Å². The van der Waals surface area contributed by atoms with Crippen molar-refractivity contribution < 1.29 is 0 Å². The highest BCUT2D eigenvalue weighted by Gasteiger charge is 2.18. The SMILES string of the molecule is CCCNC(C)c1ccc(N2CCCC(CC)C2)cc1. The number of hydrogen-bond donors (Lipinski definition) is 1. The van der Waals surface area contributed by atoms with Crippen LogP contribution in [0.4, 0.5) is 5.69 Å². The molecule has 2 atom stereocenters. The van der Waals surface area contributed by atoms with Gasteiger partial charge in [0.2, 0.25) is 0 Å². The number of benzene rings is 1. The zero-order valence-electron chi connectivity index (χ0n) is 13.4. The quantitative estimate of drug-likeness (QED) is 0.828. The molecule has 0 aliphatic carbocycles. The van der Waals surface area contributed by atoms with Crippen molar-refractivity contribution in [2.45, 2.75) is 52.5 Å². The van der Waals surface area contributed by atoms with Crippen LogP contribution in [-0.2, 0) is 0 Å². The Hall–Kier alpha value is -1.02. The molecule has 1 heterocycles.